The molecule has 0 fully saturated rings. The molecule has 0 radical (unpaired) electrons. The highest BCUT2D eigenvalue weighted by Gasteiger charge is 2.16. The topological polar surface area (TPSA) is 42.0 Å². The van der Waals surface area contributed by atoms with E-state index in [0.717, 1.165) is 27.3 Å². The standard InChI is InChI=1S/C26H22N2OS/c1-18-13-15-22(16-14-18)24-19(2)30-26(27-24)28-25(29)23(21-11-7-4-8-12-21)17-20-9-5-3-6-10-20/h3-17H,1-2H3,(H,27,28,29). The van der Waals surface area contributed by atoms with Crippen LogP contribution in [-0.4, -0.2) is 10.9 Å². The third-order valence-electron chi connectivity index (χ3n) is 4.78. The molecule has 3 aromatic carbocycles. The average Bonchev–Trinajstić information content (AvgIpc) is 3.13. The molecule has 0 spiro atoms. The van der Waals surface area contributed by atoms with Gasteiger partial charge in [-0.25, -0.2) is 4.98 Å². The van der Waals surface area contributed by atoms with Gasteiger partial charge in [0.2, 0.25) is 0 Å². The maximum atomic E-state index is 13.2. The van der Waals surface area contributed by atoms with Gasteiger partial charge >= 0.3 is 0 Å². The number of hydrogen-bond donors (Lipinski definition) is 1. The highest BCUT2D eigenvalue weighted by atomic mass is 32.1. The third-order valence-corrected chi connectivity index (χ3v) is 5.67. The molecule has 0 aliphatic carbocycles. The first-order valence-electron chi connectivity index (χ1n) is 9.78. The molecule has 1 heterocycles. The molecule has 0 saturated carbocycles. The lowest BCUT2D eigenvalue weighted by molar-refractivity contribution is -0.111. The van der Waals surface area contributed by atoms with Crippen molar-refractivity contribution in [3.05, 3.63) is 106 Å². The minimum Gasteiger partial charge on any atom is -0.298 e. The van der Waals surface area contributed by atoms with Crippen LogP contribution in [0.1, 0.15) is 21.6 Å². The minimum atomic E-state index is -0.172. The number of aryl methyl sites for hydroxylation is 2. The van der Waals surface area contributed by atoms with E-state index < -0.39 is 0 Å². The number of carbonyl (C=O) groups is 1. The number of aromatic nitrogens is 1. The Morgan fingerprint density at radius 2 is 1.50 bits per heavy atom. The Labute approximate surface area is 180 Å². The zero-order valence-corrected chi connectivity index (χ0v) is 17.7. The molecule has 148 valence electrons. The van der Waals surface area contributed by atoms with Gasteiger partial charge in [-0.3, -0.25) is 10.1 Å². The van der Waals surface area contributed by atoms with Gasteiger partial charge in [0.05, 0.1) is 5.69 Å². The summed E-state index contributed by atoms with van der Waals surface area (Å²) in [5, 5.41) is 3.60. The quantitative estimate of drug-likeness (QED) is 0.297. The Balaban J connectivity index is 1.64. The zero-order chi connectivity index (χ0) is 20.9. The fourth-order valence-corrected chi connectivity index (χ4v) is 4.04. The van der Waals surface area contributed by atoms with E-state index in [9.17, 15) is 4.79 Å². The van der Waals surface area contributed by atoms with Crippen LogP contribution in [0, 0.1) is 13.8 Å². The molecule has 4 heteroatoms. The van der Waals surface area contributed by atoms with E-state index in [2.05, 4.69) is 36.5 Å². The van der Waals surface area contributed by atoms with E-state index in [4.69, 9.17) is 4.98 Å². The van der Waals surface area contributed by atoms with Gasteiger partial charge in [0, 0.05) is 16.0 Å². The average molecular weight is 411 g/mol. The van der Waals surface area contributed by atoms with Gasteiger partial charge in [-0.1, -0.05) is 90.5 Å². The van der Waals surface area contributed by atoms with Crippen LogP contribution in [0.4, 0.5) is 5.13 Å². The second-order valence-corrected chi connectivity index (χ2v) is 8.28. The Hall–Kier alpha value is -3.50. The van der Waals surface area contributed by atoms with Crippen LogP contribution in [0.15, 0.2) is 84.9 Å². The van der Waals surface area contributed by atoms with Gasteiger partial charge in [0.1, 0.15) is 0 Å². The second kappa shape index (κ2) is 8.89. The van der Waals surface area contributed by atoms with Crippen molar-refractivity contribution in [2.45, 2.75) is 13.8 Å². The molecule has 3 nitrogen and oxygen atoms in total. The predicted molar refractivity (Wildman–Crippen MR) is 126 cm³/mol. The normalized spacial score (nSPS) is 11.3. The van der Waals surface area contributed by atoms with E-state index in [1.165, 1.54) is 16.9 Å². The summed E-state index contributed by atoms with van der Waals surface area (Å²) in [6.45, 7) is 4.09. The fourth-order valence-electron chi connectivity index (χ4n) is 3.21. The molecule has 4 aromatic rings. The lowest BCUT2D eigenvalue weighted by atomic mass is 10.0. The fraction of sp³-hybridized carbons (Fsp3) is 0.0769. The summed E-state index contributed by atoms with van der Waals surface area (Å²) >= 11 is 1.49. The molecular formula is C26H22N2OS. The van der Waals surface area contributed by atoms with E-state index in [-0.39, 0.29) is 5.91 Å². The Bertz CT molecular complexity index is 1180. The van der Waals surface area contributed by atoms with Crippen molar-refractivity contribution in [3.8, 4) is 11.3 Å². The highest BCUT2D eigenvalue weighted by Crippen LogP contribution is 2.31. The number of amides is 1. The lowest BCUT2D eigenvalue weighted by Gasteiger charge is -2.08. The van der Waals surface area contributed by atoms with E-state index in [1.807, 2.05) is 73.7 Å². The summed E-state index contributed by atoms with van der Waals surface area (Å²) < 4.78 is 0. The van der Waals surface area contributed by atoms with Crippen LogP contribution >= 0.6 is 11.3 Å². The summed E-state index contributed by atoms with van der Waals surface area (Å²) in [5.74, 6) is -0.172. The molecule has 1 aromatic heterocycles. The molecule has 0 aliphatic rings. The predicted octanol–water partition coefficient (Wildman–Crippen LogP) is 6.61. The molecule has 30 heavy (non-hydrogen) atoms. The maximum Gasteiger partial charge on any atom is 0.258 e. The van der Waals surface area contributed by atoms with Gasteiger partial charge in [0.25, 0.3) is 5.91 Å². The van der Waals surface area contributed by atoms with Crippen molar-refractivity contribution in [2.75, 3.05) is 5.32 Å². The molecule has 1 amide bonds. The molecule has 1 N–H and O–H groups in total. The van der Waals surface area contributed by atoms with Crippen molar-refractivity contribution >= 4 is 34.0 Å². The largest absolute Gasteiger partial charge is 0.298 e. The highest BCUT2D eigenvalue weighted by molar-refractivity contribution is 7.16. The summed E-state index contributed by atoms with van der Waals surface area (Å²) in [5.41, 5.74) is 5.61. The van der Waals surface area contributed by atoms with Gasteiger partial charge < -0.3 is 0 Å². The summed E-state index contributed by atoms with van der Waals surface area (Å²) in [4.78, 5) is 19.0. The zero-order valence-electron chi connectivity index (χ0n) is 16.9. The number of anilines is 1. The number of thiazole rings is 1. The Morgan fingerprint density at radius 1 is 0.867 bits per heavy atom. The summed E-state index contributed by atoms with van der Waals surface area (Å²) in [6.07, 6.45) is 1.91. The molecule has 4 rings (SSSR count). The number of rotatable bonds is 5. The maximum absolute atomic E-state index is 13.2. The van der Waals surface area contributed by atoms with Crippen LogP contribution in [0.2, 0.25) is 0 Å². The van der Waals surface area contributed by atoms with Crippen LogP contribution in [0.5, 0.6) is 0 Å². The molecule has 0 aliphatic heterocycles. The van der Waals surface area contributed by atoms with Gasteiger partial charge in [-0.05, 0) is 31.1 Å². The Morgan fingerprint density at radius 3 is 2.17 bits per heavy atom. The van der Waals surface area contributed by atoms with Crippen molar-refractivity contribution in [3.63, 3.8) is 0 Å². The van der Waals surface area contributed by atoms with E-state index >= 15 is 0 Å². The first-order valence-corrected chi connectivity index (χ1v) is 10.6. The molecule has 0 saturated heterocycles. The SMILES string of the molecule is Cc1ccc(-c2nc(NC(=O)C(=Cc3ccccc3)c3ccccc3)sc2C)cc1. The minimum absolute atomic E-state index is 0.172. The van der Waals surface area contributed by atoms with Crippen molar-refractivity contribution in [1.82, 2.24) is 4.98 Å². The molecule has 0 atom stereocenters. The summed E-state index contributed by atoms with van der Waals surface area (Å²) in [6, 6.07) is 27.8. The second-order valence-electron chi connectivity index (χ2n) is 7.08. The van der Waals surface area contributed by atoms with Gasteiger partial charge in [-0.2, -0.15) is 0 Å². The smallest absolute Gasteiger partial charge is 0.258 e. The lowest BCUT2D eigenvalue weighted by Crippen LogP contribution is -2.13. The molecule has 0 unspecified atom stereocenters. The van der Waals surface area contributed by atoms with Crippen molar-refractivity contribution in [1.29, 1.82) is 0 Å². The molecular weight excluding hydrogens is 388 g/mol. The van der Waals surface area contributed by atoms with E-state index in [0.29, 0.717) is 10.7 Å². The van der Waals surface area contributed by atoms with Crippen LogP contribution in [-0.2, 0) is 4.79 Å². The van der Waals surface area contributed by atoms with Crippen LogP contribution < -0.4 is 5.32 Å². The van der Waals surface area contributed by atoms with Gasteiger partial charge in [-0.15, -0.1) is 11.3 Å². The summed E-state index contributed by atoms with van der Waals surface area (Å²) in [7, 11) is 0. The van der Waals surface area contributed by atoms with Crippen molar-refractivity contribution in [2.24, 2.45) is 0 Å². The first kappa shape index (κ1) is 19.8. The molecule has 0 bridgehead atoms. The Kier molecular flexibility index (Phi) is 5.87. The monoisotopic (exact) mass is 410 g/mol. The van der Waals surface area contributed by atoms with Crippen LogP contribution in [0.25, 0.3) is 22.9 Å². The number of nitrogens with zero attached hydrogens (tertiary/aromatic N) is 1. The number of hydrogen-bond acceptors (Lipinski definition) is 3. The number of carbonyl (C=O) groups excluding carboxylic acids is 1. The van der Waals surface area contributed by atoms with E-state index in [1.54, 1.807) is 0 Å². The third kappa shape index (κ3) is 4.56. The van der Waals surface area contributed by atoms with Crippen molar-refractivity contribution < 1.29 is 4.79 Å². The first-order chi connectivity index (χ1) is 14.6. The van der Waals surface area contributed by atoms with Gasteiger partial charge in [0.15, 0.2) is 5.13 Å². The number of benzene rings is 3. The van der Waals surface area contributed by atoms with Crippen LogP contribution in [0.3, 0.4) is 0 Å². The number of nitrogens with one attached hydrogen (secondary N) is 1.